The molecule has 96 heavy (non-hydrogen) atoms. The fourth-order valence-corrected chi connectivity index (χ4v) is 15.1. The fraction of sp³-hybridized carbons (Fsp3) is 0.0930. The van der Waals surface area contributed by atoms with Crippen molar-refractivity contribution in [3.63, 3.8) is 0 Å². The van der Waals surface area contributed by atoms with Crippen molar-refractivity contribution in [2.75, 3.05) is 0 Å². The maximum Gasteiger partial charge on any atom is 0.236 e. The lowest BCUT2D eigenvalue weighted by molar-refractivity contribution is 0.522. The number of fused-ring (bicyclic) bond motifs is 14. The largest absolute Gasteiger partial charge is 0.309 e. The van der Waals surface area contributed by atoms with E-state index in [0.717, 1.165) is 117 Å². The minimum atomic E-state index is -0.278. The van der Waals surface area contributed by atoms with Gasteiger partial charge in [-0.15, -0.1) is 0 Å². The molecule has 454 valence electrons. The molecule has 0 amide bonds. The van der Waals surface area contributed by atoms with Gasteiger partial charge in [-0.3, -0.25) is 9.13 Å². The molecule has 12 aromatic carbocycles. The first kappa shape index (κ1) is 56.3. The SMILES string of the molecule is CC(C)(C)c1ccc(-n2c3ccccc3c3cc(-c4ccc5c(c4)c4ccccc4n5-c4nc(C#N)c5cc(CC(C)(C)c6ccc(-n7c8ccccc8c8ccc(-c9ccc%10c(c9)c9ccccc9n%10-c9nc(C#N)c%10ccccc%10n9)cc87)cc6)ccc5n4)ccc32)cc1. The van der Waals surface area contributed by atoms with E-state index in [1.807, 2.05) is 30.3 Å². The maximum absolute atomic E-state index is 10.9. The van der Waals surface area contributed by atoms with E-state index >= 15 is 0 Å². The molecule has 0 fully saturated rings. The normalized spacial score (nSPS) is 12.2. The lowest BCUT2D eigenvalue weighted by Crippen LogP contribution is -2.20. The summed E-state index contributed by atoms with van der Waals surface area (Å²) in [6.45, 7) is 11.3. The Morgan fingerprint density at radius 3 is 1.18 bits per heavy atom. The van der Waals surface area contributed by atoms with Gasteiger partial charge in [0, 0.05) is 65.2 Å². The first-order valence-corrected chi connectivity index (χ1v) is 32.6. The van der Waals surface area contributed by atoms with E-state index in [1.54, 1.807) is 0 Å². The van der Waals surface area contributed by atoms with Crippen LogP contribution in [-0.2, 0) is 17.3 Å². The molecule has 0 radical (unpaired) electrons. The molecule has 0 unspecified atom stereocenters. The Morgan fingerprint density at radius 2 is 0.677 bits per heavy atom. The van der Waals surface area contributed by atoms with E-state index in [1.165, 1.54) is 43.7 Å². The summed E-state index contributed by atoms with van der Waals surface area (Å²) in [6.07, 6.45) is 0.725. The van der Waals surface area contributed by atoms with Crippen molar-refractivity contribution in [2.24, 2.45) is 0 Å². The summed E-state index contributed by atoms with van der Waals surface area (Å²) in [7, 11) is 0. The quantitative estimate of drug-likeness (QED) is 0.142. The van der Waals surface area contributed by atoms with Crippen molar-refractivity contribution in [1.29, 1.82) is 10.5 Å². The number of benzene rings is 12. The van der Waals surface area contributed by atoms with E-state index in [-0.39, 0.29) is 10.8 Å². The van der Waals surface area contributed by atoms with Gasteiger partial charge in [0.2, 0.25) is 11.9 Å². The number of hydrogen-bond donors (Lipinski definition) is 0. The van der Waals surface area contributed by atoms with E-state index < -0.39 is 0 Å². The van der Waals surface area contributed by atoms with Gasteiger partial charge in [-0.1, -0.05) is 180 Å². The van der Waals surface area contributed by atoms with E-state index in [2.05, 4.69) is 296 Å². The molecule has 0 saturated heterocycles. The third kappa shape index (κ3) is 8.83. The molecule has 18 aromatic rings. The molecule has 10 nitrogen and oxygen atoms in total. The molecule has 10 heteroatoms. The van der Waals surface area contributed by atoms with Crippen LogP contribution in [0, 0.1) is 22.7 Å². The van der Waals surface area contributed by atoms with Crippen LogP contribution in [0.4, 0.5) is 0 Å². The van der Waals surface area contributed by atoms with Crippen LogP contribution in [0.2, 0.25) is 0 Å². The molecular weight excluding hydrogens is 1170 g/mol. The van der Waals surface area contributed by atoms with Gasteiger partial charge in [-0.2, -0.15) is 10.5 Å². The molecule has 0 N–H and O–H groups in total. The molecule has 0 saturated carbocycles. The molecule has 0 spiro atoms. The highest BCUT2D eigenvalue weighted by Gasteiger charge is 2.26. The van der Waals surface area contributed by atoms with Gasteiger partial charge in [0.25, 0.3) is 0 Å². The monoisotopic (exact) mass is 1230 g/mol. The molecule has 0 bridgehead atoms. The molecule has 6 heterocycles. The van der Waals surface area contributed by atoms with Crippen molar-refractivity contribution in [3.05, 3.63) is 289 Å². The average molecular weight is 1230 g/mol. The Bertz CT molecular complexity index is 6390. The minimum absolute atomic E-state index is 0.0684. The number of nitriles is 2. The Balaban J connectivity index is 0.647. The van der Waals surface area contributed by atoms with E-state index in [0.29, 0.717) is 28.8 Å². The van der Waals surface area contributed by atoms with Crippen molar-refractivity contribution in [3.8, 4) is 57.7 Å². The van der Waals surface area contributed by atoms with Gasteiger partial charge in [-0.25, -0.2) is 19.9 Å². The van der Waals surface area contributed by atoms with Crippen molar-refractivity contribution in [2.45, 2.75) is 51.9 Å². The van der Waals surface area contributed by atoms with Crippen LogP contribution in [0.1, 0.15) is 62.7 Å². The Hall–Kier alpha value is -12.5. The fourth-order valence-electron chi connectivity index (χ4n) is 15.1. The first-order valence-electron chi connectivity index (χ1n) is 32.6. The average Bonchev–Trinajstić information content (AvgIpc) is 1.58. The Morgan fingerprint density at radius 1 is 0.302 bits per heavy atom. The molecule has 0 atom stereocenters. The van der Waals surface area contributed by atoms with Gasteiger partial charge < -0.3 is 9.13 Å². The topological polar surface area (TPSA) is 119 Å². The summed E-state index contributed by atoms with van der Waals surface area (Å²) in [5.41, 5.74) is 20.6. The molecule has 0 aliphatic rings. The summed E-state index contributed by atoms with van der Waals surface area (Å²) < 4.78 is 8.94. The van der Waals surface area contributed by atoms with Crippen LogP contribution in [0.15, 0.2) is 261 Å². The van der Waals surface area contributed by atoms with Crippen LogP contribution in [0.3, 0.4) is 0 Å². The molecule has 6 aromatic heterocycles. The predicted molar refractivity (Wildman–Crippen MR) is 392 cm³/mol. The van der Waals surface area contributed by atoms with Crippen LogP contribution in [-0.4, -0.2) is 38.2 Å². The van der Waals surface area contributed by atoms with Crippen LogP contribution < -0.4 is 0 Å². The first-order chi connectivity index (χ1) is 46.8. The lowest BCUT2D eigenvalue weighted by Gasteiger charge is -2.26. The van der Waals surface area contributed by atoms with Gasteiger partial charge in [-0.05, 0) is 171 Å². The molecular formula is C86H60N10. The Kier molecular flexibility index (Phi) is 12.5. The standard InChI is InChI=1S/C86H60N10/c1-85(2,3)57-31-35-59(36-32-57)93-76-23-13-8-17-62(76)67-45-53(28-41-79(67)93)54-29-42-80-68(46-54)63-18-9-15-25-78(63)96(80)84-90-72-40-26-52(44-70(72)74(51-88)92-84)49-86(4,5)58-33-37-60(38-34-58)94-75-22-12-7-16-61(75)65-39-27-56(48-82(65)94)55-30-43-81-69(47-55)64-19-10-14-24-77(64)95(81)83-89-71-21-11-6-20-66(71)73(50-87)91-83/h6-48H,49H2,1-5H3. The van der Waals surface area contributed by atoms with Crippen LogP contribution in [0.25, 0.3) is 155 Å². The highest BCUT2D eigenvalue weighted by Crippen LogP contribution is 2.42. The van der Waals surface area contributed by atoms with Gasteiger partial charge in [0.15, 0.2) is 11.4 Å². The van der Waals surface area contributed by atoms with Crippen molar-refractivity contribution in [1.82, 2.24) is 38.2 Å². The molecule has 18 rings (SSSR count). The van der Waals surface area contributed by atoms with Crippen molar-refractivity contribution < 1.29 is 0 Å². The second kappa shape index (κ2) is 21.3. The third-order valence-corrected chi connectivity index (χ3v) is 19.9. The lowest BCUT2D eigenvalue weighted by atomic mass is 9.79. The Labute approximate surface area is 553 Å². The summed E-state index contributed by atoms with van der Waals surface area (Å²) in [4.78, 5) is 20.1. The molecule has 0 aliphatic carbocycles. The highest BCUT2D eigenvalue weighted by atomic mass is 15.2. The van der Waals surface area contributed by atoms with Gasteiger partial charge >= 0.3 is 0 Å². The van der Waals surface area contributed by atoms with Crippen LogP contribution >= 0.6 is 0 Å². The summed E-state index contributed by atoms with van der Waals surface area (Å²) in [5.74, 6) is 0.928. The number of nitrogens with zero attached hydrogens (tertiary/aromatic N) is 10. The second-order valence-electron chi connectivity index (χ2n) is 27.1. The predicted octanol–water partition coefficient (Wildman–Crippen LogP) is 20.9. The van der Waals surface area contributed by atoms with E-state index in [4.69, 9.17) is 19.9 Å². The summed E-state index contributed by atoms with van der Waals surface area (Å²) in [5, 5.41) is 31.6. The van der Waals surface area contributed by atoms with Gasteiger partial charge in [0.05, 0.1) is 55.2 Å². The number of aromatic nitrogens is 8. The van der Waals surface area contributed by atoms with Gasteiger partial charge in [0.1, 0.15) is 12.1 Å². The summed E-state index contributed by atoms with van der Waals surface area (Å²) >= 11 is 0. The second-order valence-corrected chi connectivity index (χ2v) is 27.1. The van der Waals surface area contributed by atoms with Crippen LogP contribution in [0.5, 0.6) is 0 Å². The smallest absolute Gasteiger partial charge is 0.236 e. The third-order valence-electron chi connectivity index (χ3n) is 19.9. The zero-order chi connectivity index (χ0) is 64.7. The maximum atomic E-state index is 10.9. The molecule has 0 aliphatic heterocycles. The number of rotatable bonds is 9. The van der Waals surface area contributed by atoms with Crippen molar-refractivity contribution >= 4 is 109 Å². The minimum Gasteiger partial charge on any atom is -0.309 e. The number of hydrogen-bond acceptors (Lipinski definition) is 6. The highest BCUT2D eigenvalue weighted by molar-refractivity contribution is 6.15. The van der Waals surface area contributed by atoms with E-state index in [9.17, 15) is 10.5 Å². The number of para-hydroxylation sites is 5. The summed E-state index contributed by atoms with van der Waals surface area (Å²) in [6, 6.07) is 97.7. The zero-order valence-corrected chi connectivity index (χ0v) is 53.5. The zero-order valence-electron chi connectivity index (χ0n) is 53.5.